The van der Waals surface area contributed by atoms with Gasteiger partial charge in [-0.1, -0.05) is 5.21 Å². The van der Waals surface area contributed by atoms with Gasteiger partial charge in [0.2, 0.25) is 0 Å². The number of rotatable bonds is 3. The Balaban J connectivity index is 1.88. The lowest BCUT2D eigenvalue weighted by Gasteiger charge is -1.95. The van der Waals surface area contributed by atoms with Crippen LogP contribution in [0.1, 0.15) is 6.42 Å². The Morgan fingerprint density at radius 2 is 2.58 bits per heavy atom. The van der Waals surface area contributed by atoms with Gasteiger partial charge in [-0.3, -0.25) is 9.48 Å². The first-order valence-corrected chi connectivity index (χ1v) is 3.84. The molecule has 0 saturated heterocycles. The third-order valence-corrected chi connectivity index (χ3v) is 2.13. The molecular formula is C7H9N3O2. The van der Waals surface area contributed by atoms with Crippen LogP contribution in [-0.2, 0) is 11.3 Å². The Morgan fingerprint density at radius 1 is 1.75 bits per heavy atom. The highest BCUT2D eigenvalue weighted by Crippen LogP contribution is 2.39. The summed E-state index contributed by atoms with van der Waals surface area (Å²) in [5.41, 5.74) is 0. The molecule has 0 aliphatic heterocycles. The zero-order valence-electron chi connectivity index (χ0n) is 6.42. The molecule has 12 heavy (non-hydrogen) atoms. The molecule has 1 N–H and O–H groups in total. The highest BCUT2D eigenvalue weighted by molar-refractivity contribution is 5.73. The van der Waals surface area contributed by atoms with Crippen molar-refractivity contribution in [3.8, 4) is 0 Å². The summed E-state index contributed by atoms with van der Waals surface area (Å²) >= 11 is 0. The predicted octanol–water partition coefficient (Wildman–Crippen LogP) is -0.00120. The number of aliphatic carboxylic acids is 1. The number of hydrogen-bond acceptors (Lipinski definition) is 3. The first-order chi connectivity index (χ1) is 5.77. The van der Waals surface area contributed by atoms with E-state index in [1.165, 1.54) is 0 Å². The summed E-state index contributed by atoms with van der Waals surface area (Å²) < 4.78 is 1.67. The lowest BCUT2D eigenvalue weighted by atomic mass is 10.3. The third-order valence-electron chi connectivity index (χ3n) is 2.13. The van der Waals surface area contributed by atoms with E-state index in [0.29, 0.717) is 6.54 Å². The highest BCUT2D eigenvalue weighted by atomic mass is 16.4. The maximum atomic E-state index is 10.5. The van der Waals surface area contributed by atoms with Gasteiger partial charge in [-0.25, -0.2) is 0 Å². The van der Waals surface area contributed by atoms with Crippen molar-refractivity contribution < 1.29 is 9.90 Å². The minimum Gasteiger partial charge on any atom is -0.481 e. The summed E-state index contributed by atoms with van der Waals surface area (Å²) in [5, 5.41) is 16.0. The number of hydrogen-bond donors (Lipinski definition) is 1. The Labute approximate surface area is 69.0 Å². The van der Waals surface area contributed by atoms with E-state index < -0.39 is 5.97 Å². The molecule has 1 aromatic heterocycles. The number of carbonyl (C=O) groups is 1. The molecule has 1 aliphatic rings. The fraction of sp³-hybridized carbons (Fsp3) is 0.571. The number of aromatic nitrogens is 3. The van der Waals surface area contributed by atoms with Crippen molar-refractivity contribution in [1.82, 2.24) is 15.0 Å². The van der Waals surface area contributed by atoms with Gasteiger partial charge < -0.3 is 5.11 Å². The largest absolute Gasteiger partial charge is 0.481 e. The quantitative estimate of drug-likeness (QED) is 0.688. The van der Waals surface area contributed by atoms with Gasteiger partial charge in [0.1, 0.15) is 0 Å². The summed E-state index contributed by atoms with van der Waals surface area (Å²) in [6, 6.07) is 0. The lowest BCUT2D eigenvalue weighted by molar-refractivity contribution is -0.138. The van der Waals surface area contributed by atoms with E-state index in [0.717, 1.165) is 6.42 Å². The molecule has 5 heteroatoms. The van der Waals surface area contributed by atoms with Crippen molar-refractivity contribution >= 4 is 5.97 Å². The molecule has 0 aromatic carbocycles. The molecule has 2 unspecified atom stereocenters. The Kier molecular flexibility index (Phi) is 1.56. The average Bonchev–Trinajstić information content (AvgIpc) is 2.57. The maximum absolute atomic E-state index is 10.5. The van der Waals surface area contributed by atoms with E-state index in [2.05, 4.69) is 10.3 Å². The molecule has 1 heterocycles. The standard InChI is InChI=1S/C7H9N3O2/c11-7(12)6-3-5(6)4-10-2-1-8-9-10/h1-2,5-6H,3-4H2,(H,11,12). The fourth-order valence-electron chi connectivity index (χ4n) is 1.32. The second kappa shape index (κ2) is 2.58. The molecule has 0 amide bonds. The van der Waals surface area contributed by atoms with E-state index in [1.54, 1.807) is 17.1 Å². The van der Waals surface area contributed by atoms with Crippen LogP contribution in [-0.4, -0.2) is 26.1 Å². The van der Waals surface area contributed by atoms with Crippen LogP contribution in [0.4, 0.5) is 0 Å². The summed E-state index contributed by atoms with van der Waals surface area (Å²) in [6.07, 6.45) is 4.12. The van der Waals surface area contributed by atoms with E-state index in [-0.39, 0.29) is 11.8 Å². The second-order valence-electron chi connectivity index (χ2n) is 3.07. The predicted molar refractivity (Wildman–Crippen MR) is 39.3 cm³/mol. The molecule has 2 rings (SSSR count). The molecule has 0 spiro atoms. The zero-order valence-corrected chi connectivity index (χ0v) is 6.42. The molecule has 1 saturated carbocycles. The summed E-state index contributed by atoms with van der Waals surface area (Å²) in [7, 11) is 0. The van der Waals surface area contributed by atoms with Gasteiger partial charge in [0.15, 0.2) is 0 Å². The molecule has 1 aliphatic carbocycles. The van der Waals surface area contributed by atoms with Crippen LogP contribution in [0, 0.1) is 11.8 Å². The van der Waals surface area contributed by atoms with Crippen molar-refractivity contribution in [2.45, 2.75) is 13.0 Å². The molecule has 1 fully saturated rings. The topological polar surface area (TPSA) is 68.0 Å². The summed E-state index contributed by atoms with van der Waals surface area (Å²) in [6.45, 7) is 0.678. The van der Waals surface area contributed by atoms with Crippen LogP contribution in [0.2, 0.25) is 0 Å². The van der Waals surface area contributed by atoms with Crippen molar-refractivity contribution in [1.29, 1.82) is 0 Å². The maximum Gasteiger partial charge on any atom is 0.306 e. The van der Waals surface area contributed by atoms with Gasteiger partial charge >= 0.3 is 5.97 Å². The Morgan fingerprint density at radius 3 is 3.08 bits per heavy atom. The third kappa shape index (κ3) is 1.30. The van der Waals surface area contributed by atoms with Crippen LogP contribution < -0.4 is 0 Å². The molecule has 0 bridgehead atoms. The van der Waals surface area contributed by atoms with E-state index in [9.17, 15) is 4.79 Å². The first kappa shape index (κ1) is 7.27. The van der Waals surface area contributed by atoms with E-state index in [4.69, 9.17) is 5.11 Å². The smallest absolute Gasteiger partial charge is 0.306 e. The Hall–Kier alpha value is -1.39. The van der Waals surface area contributed by atoms with Gasteiger partial charge in [0, 0.05) is 12.7 Å². The van der Waals surface area contributed by atoms with Gasteiger partial charge in [0.05, 0.1) is 12.1 Å². The van der Waals surface area contributed by atoms with Crippen LogP contribution >= 0.6 is 0 Å². The zero-order chi connectivity index (χ0) is 8.55. The minimum atomic E-state index is -0.694. The normalized spacial score (nSPS) is 27.0. The summed E-state index contributed by atoms with van der Waals surface area (Å²) in [5.74, 6) is -0.599. The van der Waals surface area contributed by atoms with Gasteiger partial charge in [-0.2, -0.15) is 0 Å². The highest BCUT2D eigenvalue weighted by Gasteiger charge is 2.43. The van der Waals surface area contributed by atoms with Crippen molar-refractivity contribution in [2.75, 3.05) is 0 Å². The van der Waals surface area contributed by atoms with Crippen LogP contribution in [0.3, 0.4) is 0 Å². The van der Waals surface area contributed by atoms with Crippen LogP contribution in [0.5, 0.6) is 0 Å². The molecule has 1 aromatic rings. The molecule has 5 nitrogen and oxygen atoms in total. The Bertz CT molecular complexity index is 283. The first-order valence-electron chi connectivity index (χ1n) is 3.84. The number of carboxylic acids is 1. The van der Waals surface area contributed by atoms with Crippen LogP contribution in [0.25, 0.3) is 0 Å². The lowest BCUT2D eigenvalue weighted by Crippen LogP contribution is -2.06. The van der Waals surface area contributed by atoms with Crippen molar-refractivity contribution in [2.24, 2.45) is 11.8 Å². The molecule has 64 valence electrons. The van der Waals surface area contributed by atoms with Crippen LogP contribution in [0.15, 0.2) is 12.4 Å². The summed E-state index contributed by atoms with van der Waals surface area (Å²) in [4.78, 5) is 10.5. The number of carboxylic acid groups (broad SMARTS) is 1. The van der Waals surface area contributed by atoms with Crippen molar-refractivity contribution in [3.05, 3.63) is 12.4 Å². The fourth-order valence-corrected chi connectivity index (χ4v) is 1.32. The monoisotopic (exact) mass is 167 g/mol. The van der Waals surface area contributed by atoms with E-state index in [1.807, 2.05) is 0 Å². The average molecular weight is 167 g/mol. The van der Waals surface area contributed by atoms with Gasteiger partial charge in [-0.05, 0) is 12.3 Å². The van der Waals surface area contributed by atoms with E-state index >= 15 is 0 Å². The molecule has 0 radical (unpaired) electrons. The SMILES string of the molecule is O=C(O)C1CC1Cn1ccnn1. The van der Waals surface area contributed by atoms with Crippen molar-refractivity contribution in [3.63, 3.8) is 0 Å². The number of nitrogens with zero attached hydrogens (tertiary/aromatic N) is 3. The van der Waals surface area contributed by atoms with Gasteiger partial charge in [0.25, 0.3) is 0 Å². The molecular weight excluding hydrogens is 158 g/mol. The molecule has 2 atom stereocenters. The second-order valence-corrected chi connectivity index (χ2v) is 3.07. The minimum absolute atomic E-state index is 0.158. The van der Waals surface area contributed by atoms with Gasteiger partial charge in [-0.15, -0.1) is 5.10 Å².